The summed E-state index contributed by atoms with van der Waals surface area (Å²) in [6.07, 6.45) is 0.501. The van der Waals surface area contributed by atoms with E-state index in [-0.39, 0.29) is 12.3 Å². The third-order valence-corrected chi connectivity index (χ3v) is 5.41. The van der Waals surface area contributed by atoms with E-state index in [2.05, 4.69) is 0 Å². The minimum atomic E-state index is -0.425. The third kappa shape index (κ3) is 4.82. The standard InChI is InChI=1S/C24H27NO6/c1-15-19-9-8-18(29-4)13-22(19)31-24(27)20(15)10-11-23(26)25(2)14-16-6-7-17(28-3)12-21(16)30-5/h6-9,12-13H,10-11,14H2,1-5H3. The van der Waals surface area contributed by atoms with Crippen molar-refractivity contribution in [2.24, 2.45) is 0 Å². The largest absolute Gasteiger partial charge is 0.497 e. The Morgan fingerprint density at radius 1 is 1.00 bits per heavy atom. The molecule has 0 unspecified atom stereocenters. The Hall–Kier alpha value is -3.48. The summed E-state index contributed by atoms with van der Waals surface area (Å²) in [5, 5.41) is 0.833. The molecule has 3 rings (SSSR count). The molecule has 1 heterocycles. The fourth-order valence-corrected chi connectivity index (χ4v) is 3.54. The highest BCUT2D eigenvalue weighted by Gasteiger charge is 2.17. The first-order chi connectivity index (χ1) is 14.9. The van der Waals surface area contributed by atoms with Crippen LogP contribution in [0.25, 0.3) is 11.0 Å². The zero-order valence-corrected chi connectivity index (χ0v) is 18.5. The maximum Gasteiger partial charge on any atom is 0.339 e. The van der Waals surface area contributed by atoms with Gasteiger partial charge in [-0.25, -0.2) is 4.79 Å². The number of carbonyl (C=O) groups is 1. The van der Waals surface area contributed by atoms with Gasteiger partial charge in [0.15, 0.2) is 0 Å². The van der Waals surface area contributed by atoms with Crippen molar-refractivity contribution in [3.05, 3.63) is 63.5 Å². The molecule has 1 amide bonds. The highest BCUT2D eigenvalue weighted by molar-refractivity contribution is 5.82. The van der Waals surface area contributed by atoms with Gasteiger partial charge in [0.05, 0.1) is 21.3 Å². The number of benzene rings is 2. The number of hydrogen-bond acceptors (Lipinski definition) is 6. The molecule has 0 spiro atoms. The first kappa shape index (κ1) is 22.2. The zero-order chi connectivity index (χ0) is 22.5. The lowest BCUT2D eigenvalue weighted by Crippen LogP contribution is -2.27. The smallest absolute Gasteiger partial charge is 0.339 e. The van der Waals surface area contributed by atoms with Crippen LogP contribution < -0.4 is 19.8 Å². The maximum absolute atomic E-state index is 12.7. The van der Waals surface area contributed by atoms with E-state index >= 15 is 0 Å². The fourth-order valence-electron chi connectivity index (χ4n) is 3.54. The molecule has 0 atom stereocenters. The molecule has 0 saturated carbocycles. The van der Waals surface area contributed by atoms with Gasteiger partial charge in [0, 0.05) is 48.7 Å². The molecular weight excluding hydrogens is 398 g/mol. The lowest BCUT2D eigenvalue weighted by atomic mass is 10.0. The van der Waals surface area contributed by atoms with E-state index < -0.39 is 5.63 Å². The molecule has 0 N–H and O–H groups in total. The van der Waals surface area contributed by atoms with Crippen molar-refractivity contribution in [3.8, 4) is 17.2 Å². The number of rotatable bonds is 8. The Morgan fingerprint density at radius 3 is 2.35 bits per heavy atom. The summed E-state index contributed by atoms with van der Waals surface area (Å²) in [5.74, 6) is 1.88. The molecule has 1 aromatic heterocycles. The van der Waals surface area contributed by atoms with Crippen molar-refractivity contribution >= 4 is 16.9 Å². The Morgan fingerprint density at radius 2 is 1.68 bits per heavy atom. The Labute approximate surface area is 181 Å². The van der Waals surface area contributed by atoms with E-state index in [0.717, 1.165) is 16.5 Å². The number of amides is 1. The topological polar surface area (TPSA) is 78.2 Å². The summed E-state index contributed by atoms with van der Waals surface area (Å²) in [6.45, 7) is 2.26. The summed E-state index contributed by atoms with van der Waals surface area (Å²) in [4.78, 5) is 26.9. The fraction of sp³-hybridized carbons (Fsp3) is 0.333. The third-order valence-electron chi connectivity index (χ3n) is 5.41. The van der Waals surface area contributed by atoms with E-state index in [1.165, 1.54) is 0 Å². The summed E-state index contributed by atoms with van der Waals surface area (Å²) < 4.78 is 21.3. The van der Waals surface area contributed by atoms with Crippen molar-refractivity contribution in [3.63, 3.8) is 0 Å². The SMILES string of the molecule is COc1ccc(CN(C)C(=O)CCc2c(C)c3ccc(OC)cc3oc2=O)c(OC)c1. The number of ether oxygens (including phenoxy) is 3. The summed E-state index contributed by atoms with van der Waals surface area (Å²) in [5.41, 5.74) is 2.25. The number of fused-ring (bicyclic) bond motifs is 1. The van der Waals surface area contributed by atoms with Crippen molar-refractivity contribution in [2.45, 2.75) is 26.3 Å². The van der Waals surface area contributed by atoms with E-state index in [9.17, 15) is 9.59 Å². The lowest BCUT2D eigenvalue weighted by molar-refractivity contribution is -0.130. The predicted octanol–water partition coefficient (Wildman–Crippen LogP) is 3.72. The molecule has 0 saturated heterocycles. The van der Waals surface area contributed by atoms with Crippen LogP contribution in [0.2, 0.25) is 0 Å². The van der Waals surface area contributed by atoms with Crippen LogP contribution in [0.4, 0.5) is 0 Å². The van der Waals surface area contributed by atoms with Crippen LogP contribution in [-0.2, 0) is 17.8 Å². The van der Waals surface area contributed by atoms with Gasteiger partial charge in [0.1, 0.15) is 22.8 Å². The van der Waals surface area contributed by atoms with E-state index in [1.54, 1.807) is 45.4 Å². The molecule has 0 aliphatic heterocycles. The van der Waals surface area contributed by atoms with E-state index in [1.807, 2.05) is 31.2 Å². The van der Waals surface area contributed by atoms with Gasteiger partial charge in [-0.05, 0) is 43.2 Å². The van der Waals surface area contributed by atoms with Crippen LogP contribution >= 0.6 is 0 Å². The Bertz CT molecular complexity index is 1150. The van der Waals surface area contributed by atoms with Crippen molar-refractivity contribution in [1.29, 1.82) is 0 Å². The second kappa shape index (κ2) is 9.55. The molecule has 2 aromatic carbocycles. The molecule has 0 aliphatic rings. The summed E-state index contributed by atoms with van der Waals surface area (Å²) in [6, 6.07) is 10.9. The Balaban J connectivity index is 1.73. The second-order valence-corrected chi connectivity index (χ2v) is 7.28. The van der Waals surface area contributed by atoms with Gasteiger partial charge in [-0.15, -0.1) is 0 Å². The molecule has 31 heavy (non-hydrogen) atoms. The van der Waals surface area contributed by atoms with Gasteiger partial charge < -0.3 is 23.5 Å². The minimum absolute atomic E-state index is 0.0773. The highest BCUT2D eigenvalue weighted by Crippen LogP contribution is 2.26. The molecule has 0 fully saturated rings. The monoisotopic (exact) mass is 425 g/mol. The van der Waals surface area contributed by atoms with Gasteiger partial charge in [-0.3, -0.25) is 4.79 Å². The van der Waals surface area contributed by atoms with Gasteiger partial charge >= 0.3 is 5.63 Å². The quantitative estimate of drug-likeness (QED) is 0.512. The number of aryl methyl sites for hydroxylation is 1. The molecule has 0 aliphatic carbocycles. The summed E-state index contributed by atoms with van der Waals surface area (Å²) >= 11 is 0. The van der Waals surface area contributed by atoms with Crippen molar-refractivity contribution in [1.82, 2.24) is 4.90 Å². The maximum atomic E-state index is 12.7. The number of hydrogen-bond donors (Lipinski definition) is 0. The van der Waals surface area contributed by atoms with E-state index in [4.69, 9.17) is 18.6 Å². The normalized spacial score (nSPS) is 10.7. The molecular formula is C24H27NO6. The van der Waals surface area contributed by atoms with Crippen LogP contribution in [0, 0.1) is 6.92 Å². The van der Waals surface area contributed by atoms with Gasteiger partial charge in [0.2, 0.25) is 5.91 Å². The molecule has 164 valence electrons. The number of methoxy groups -OCH3 is 3. The van der Waals surface area contributed by atoms with Gasteiger partial charge in [-0.2, -0.15) is 0 Å². The average Bonchev–Trinajstić information content (AvgIpc) is 2.78. The molecule has 7 nitrogen and oxygen atoms in total. The Kier molecular flexibility index (Phi) is 6.84. The first-order valence-corrected chi connectivity index (χ1v) is 9.93. The average molecular weight is 425 g/mol. The first-order valence-electron chi connectivity index (χ1n) is 9.93. The molecule has 3 aromatic rings. The van der Waals surface area contributed by atoms with Gasteiger partial charge in [0.25, 0.3) is 0 Å². The molecule has 7 heteroatoms. The lowest BCUT2D eigenvalue weighted by Gasteiger charge is -2.19. The predicted molar refractivity (Wildman–Crippen MR) is 118 cm³/mol. The zero-order valence-electron chi connectivity index (χ0n) is 18.5. The molecule has 0 radical (unpaired) electrons. The minimum Gasteiger partial charge on any atom is -0.497 e. The van der Waals surface area contributed by atoms with Crippen LogP contribution in [0.1, 0.15) is 23.1 Å². The number of carbonyl (C=O) groups excluding carboxylic acids is 1. The van der Waals surface area contributed by atoms with Crippen LogP contribution in [0.5, 0.6) is 17.2 Å². The van der Waals surface area contributed by atoms with Crippen LogP contribution in [-0.4, -0.2) is 39.2 Å². The van der Waals surface area contributed by atoms with Crippen molar-refractivity contribution in [2.75, 3.05) is 28.4 Å². The second-order valence-electron chi connectivity index (χ2n) is 7.28. The van der Waals surface area contributed by atoms with Gasteiger partial charge in [-0.1, -0.05) is 0 Å². The highest BCUT2D eigenvalue weighted by atomic mass is 16.5. The number of nitrogens with zero attached hydrogens (tertiary/aromatic N) is 1. The van der Waals surface area contributed by atoms with Crippen molar-refractivity contribution < 1.29 is 23.4 Å². The summed E-state index contributed by atoms with van der Waals surface area (Å²) in [7, 11) is 6.46. The van der Waals surface area contributed by atoms with E-state index in [0.29, 0.717) is 41.4 Å². The van der Waals surface area contributed by atoms with Crippen LogP contribution in [0.3, 0.4) is 0 Å². The van der Waals surface area contributed by atoms with Crippen LogP contribution in [0.15, 0.2) is 45.6 Å². The molecule has 0 bridgehead atoms.